The molecule has 0 bridgehead atoms. The highest BCUT2D eigenvalue weighted by molar-refractivity contribution is 7.99. The van der Waals surface area contributed by atoms with Crippen LogP contribution in [-0.2, 0) is 21.2 Å². The van der Waals surface area contributed by atoms with Crippen molar-refractivity contribution in [3.8, 4) is 0 Å². The van der Waals surface area contributed by atoms with E-state index in [2.05, 4.69) is 10.2 Å². The number of thioether (sulfide) groups is 1. The second-order valence-corrected chi connectivity index (χ2v) is 7.76. The van der Waals surface area contributed by atoms with E-state index in [4.69, 9.17) is 5.11 Å². The number of carboxylic acids is 1. The topological polar surface area (TPSA) is 102 Å². The number of rotatable bonds is 5. The van der Waals surface area contributed by atoms with Gasteiger partial charge in [-0.2, -0.15) is 0 Å². The molecule has 106 valence electrons. The molecular formula is C10H15N3O4S2. The van der Waals surface area contributed by atoms with Gasteiger partial charge in [-0.15, -0.1) is 10.2 Å². The summed E-state index contributed by atoms with van der Waals surface area (Å²) < 4.78 is 24.7. The van der Waals surface area contributed by atoms with Crippen molar-refractivity contribution in [1.82, 2.24) is 14.8 Å². The van der Waals surface area contributed by atoms with Crippen LogP contribution in [0, 0.1) is 12.8 Å². The number of hydrogen-bond acceptors (Lipinski definition) is 6. The molecule has 0 aliphatic carbocycles. The Bertz CT molecular complexity index is 582. The number of nitrogens with zero attached hydrogens (tertiary/aromatic N) is 3. The van der Waals surface area contributed by atoms with E-state index in [9.17, 15) is 13.2 Å². The van der Waals surface area contributed by atoms with Crippen molar-refractivity contribution in [2.75, 3.05) is 17.3 Å². The molecule has 0 saturated carbocycles. The lowest BCUT2D eigenvalue weighted by Gasteiger charge is -2.11. The maximum absolute atomic E-state index is 11.4. The van der Waals surface area contributed by atoms with Gasteiger partial charge in [0.25, 0.3) is 0 Å². The average molecular weight is 305 g/mol. The van der Waals surface area contributed by atoms with E-state index in [0.29, 0.717) is 23.9 Å². The van der Waals surface area contributed by atoms with Crippen molar-refractivity contribution >= 4 is 27.6 Å². The fourth-order valence-electron chi connectivity index (χ4n) is 2.08. The molecule has 0 aromatic carbocycles. The van der Waals surface area contributed by atoms with Crippen LogP contribution in [0.5, 0.6) is 0 Å². The first-order valence-electron chi connectivity index (χ1n) is 5.82. The van der Waals surface area contributed by atoms with Crippen LogP contribution in [0.15, 0.2) is 5.16 Å². The molecule has 1 aromatic rings. The van der Waals surface area contributed by atoms with Crippen LogP contribution in [-0.4, -0.2) is 51.5 Å². The highest BCUT2D eigenvalue weighted by atomic mass is 32.2. The molecule has 1 aromatic heterocycles. The minimum atomic E-state index is -2.91. The van der Waals surface area contributed by atoms with E-state index >= 15 is 0 Å². The Balaban J connectivity index is 2.07. The fraction of sp³-hybridized carbons (Fsp3) is 0.700. The molecule has 2 heterocycles. The molecule has 0 amide bonds. The largest absolute Gasteiger partial charge is 0.481 e. The first-order valence-corrected chi connectivity index (χ1v) is 8.63. The van der Waals surface area contributed by atoms with Gasteiger partial charge in [0.2, 0.25) is 0 Å². The van der Waals surface area contributed by atoms with Crippen LogP contribution in [0.2, 0.25) is 0 Å². The number of aryl methyl sites for hydroxylation is 1. The third-order valence-corrected chi connectivity index (χ3v) is 5.78. The first kappa shape index (κ1) is 14.3. The number of sulfone groups is 1. The normalized spacial score (nSPS) is 21.6. The van der Waals surface area contributed by atoms with Gasteiger partial charge < -0.3 is 9.67 Å². The molecular weight excluding hydrogens is 290 g/mol. The average Bonchev–Trinajstić information content (AvgIpc) is 2.82. The molecule has 1 aliphatic heterocycles. The Morgan fingerprint density at radius 3 is 2.84 bits per heavy atom. The summed E-state index contributed by atoms with van der Waals surface area (Å²) in [7, 11) is -2.91. The fourth-order valence-corrected chi connectivity index (χ4v) is 4.64. The minimum Gasteiger partial charge on any atom is -0.481 e. The Kier molecular flexibility index (Phi) is 4.14. The summed E-state index contributed by atoms with van der Waals surface area (Å²) in [4.78, 5) is 10.6. The van der Waals surface area contributed by atoms with Gasteiger partial charge in [0.15, 0.2) is 15.0 Å². The number of hydrogen-bond donors (Lipinski definition) is 1. The third kappa shape index (κ3) is 3.69. The van der Waals surface area contributed by atoms with E-state index in [1.807, 2.05) is 0 Å². The first-order chi connectivity index (χ1) is 8.87. The third-order valence-electron chi connectivity index (χ3n) is 2.99. The Morgan fingerprint density at radius 1 is 1.53 bits per heavy atom. The van der Waals surface area contributed by atoms with Crippen LogP contribution in [0.3, 0.4) is 0 Å². The van der Waals surface area contributed by atoms with Crippen LogP contribution in [0.4, 0.5) is 0 Å². The van der Waals surface area contributed by atoms with Gasteiger partial charge in [-0.25, -0.2) is 8.42 Å². The van der Waals surface area contributed by atoms with Crippen LogP contribution < -0.4 is 0 Å². The van der Waals surface area contributed by atoms with E-state index in [1.165, 1.54) is 0 Å². The van der Waals surface area contributed by atoms with Crippen LogP contribution in [0.1, 0.15) is 12.2 Å². The van der Waals surface area contributed by atoms with Gasteiger partial charge in [0.1, 0.15) is 5.82 Å². The predicted molar refractivity (Wildman–Crippen MR) is 69.9 cm³/mol. The zero-order valence-corrected chi connectivity index (χ0v) is 12.1. The summed E-state index contributed by atoms with van der Waals surface area (Å²) in [5.41, 5.74) is 0. The molecule has 9 heteroatoms. The molecule has 0 radical (unpaired) electrons. The molecule has 1 N–H and O–H groups in total. The van der Waals surface area contributed by atoms with Gasteiger partial charge in [-0.05, 0) is 19.3 Å². The lowest BCUT2D eigenvalue weighted by atomic mass is 10.1. The van der Waals surface area contributed by atoms with Gasteiger partial charge in [0, 0.05) is 6.54 Å². The van der Waals surface area contributed by atoms with Crippen molar-refractivity contribution in [3.63, 3.8) is 0 Å². The molecule has 1 unspecified atom stereocenters. The van der Waals surface area contributed by atoms with E-state index < -0.39 is 15.8 Å². The van der Waals surface area contributed by atoms with Gasteiger partial charge >= 0.3 is 5.97 Å². The van der Waals surface area contributed by atoms with E-state index in [-0.39, 0.29) is 23.2 Å². The van der Waals surface area contributed by atoms with Crippen molar-refractivity contribution in [3.05, 3.63) is 5.82 Å². The zero-order chi connectivity index (χ0) is 14.0. The molecule has 1 fully saturated rings. The summed E-state index contributed by atoms with van der Waals surface area (Å²) in [5.74, 6) is 0.160. The Morgan fingerprint density at radius 2 is 2.26 bits per heavy atom. The number of aliphatic carboxylic acids is 1. The number of carbonyl (C=O) groups is 1. The molecule has 1 atom stereocenters. The summed E-state index contributed by atoms with van der Waals surface area (Å²) >= 11 is 1.10. The maximum Gasteiger partial charge on any atom is 0.313 e. The summed E-state index contributed by atoms with van der Waals surface area (Å²) in [6, 6.07) is 0. The molecule has 19 heavy (non-hydrogen) atoms. The Hall–Kier alpha value is -1.09. The number of aromatic nitrogens is 3. The van der Waals surface area contributed by atoms with Crippen LogP contribution >= 0.6 is 11.8 Å². The quantitative estimate of drug-likeness (QED) is 0.775. The SMILES string of the molecule is Cc1nnc(SCC(=O)O)n1CC1CCS(=O)(=O)C1. The highest BCUT2D eigenvalue weighted by Crippen LogP contribution is 2.24. The van der Waals surface area contributed by atoms with Crippen molar-refractivity contribution < 1.29 is 18.3 Å². The summed E-state index contributed by atoms with van der Waals surface area (Å²) in [5, 5.41) is 17.1. The minimum absolute atomic E-state index is 0.0591. The zero-order valence-electron chi connectivity index (χ0n) is 10.4. The highest BCUT2D eigenvalue weighted by Gasteiger charge is 2.29. The smallest absolute Gasteiger partial charge is 0.313 e. The second-order valence-electron chi connectivity index (χ2n) is 4.59. The monoisotopic (exact) mass is 305 g/mol. The van der Waals surface area contributed by atoms with Gasteiger partial charge in [0.05, 0.1) is 17.3 Å². The van der Waals surface area contributed by atoms with Crippen LogP contribution in [0.25, 0.3) is 0 Å². The van der Waals surface area contributed by atoms with Crippen molar-refractivity contribution in [2.45, 2.75) is 25.0 Å². The van der Waals surface area contributed by atoms with Crippen molar-refractivity contribution in [1.29, 1.82) is 0 Å². The van der Waals surface area contributed by atoms with Crippen molar-refractivity contribution in [2.24, 2.45) is 5.92 Å². The van der Waals surface area contributed by atoms with Gasteiger partial charge in [-0.1, -0.05) is 11.8 Å². The molecule has 1 aliphatic rings. The lowest BCUT2D eigenvalue weighted by Crippen LogP contribution is -2.14. The maximum atomic E-state index is 11.4. The lowest BCUT2D eigenvalue weighted by molar-refractivity contribution is -0.133. The molecule has 7 nitrogen and oxygen atoms in total. The molecule has 2 rings (SSSR count). The summed E-state index contributed by atoms with van der Waals surface area (Å²) in [6.45, 7) is 2.31. The van der Waals surface area contributed by atoms with Gasteiger partial charge in [-0.3, -0.25) is 4.79 Å². The van der Waals surface area contributed by atoms with E-state index in [1.54, 1.807) is 11.5 Å². The summed E-state index contributed by atoms with van der Waals surface area (Å²) in [6.07, 6.45) is 0.642. The number of carboxylic acid groups (broad SMARTS) is 1. The standard InChI is InChI=1S/C10H15N3O4S2/c1-7-11-12-10(18-5-9(14)15)13(7)4-8-2-3-19(16,17)6-8/h8H,2-6H2,1H3,(H,14,15). The Labute approximate surface area is 115 Å². The molecule has 1 saturated heterocycles. The molecule has 0 spiro atoms. The predicted octanol–water partition coefficient (Wildman–Crippen LogP) is 0.198. The second kappa shape index (κ2) is 5.49. The van der Waals surface area contributed by atoms with E-state index in [0.717, 1.165) is 11.8 Å².